The number of likely N-dealkylation sites (N-methyl/N-ethyl adjacent to an activating group) is 1. The third kappa shape index (κ3) is 2.12. The number of hydrogen-bond donors (Lipinski definition) is 2. The summed E-state index contributed by atoms with van der Waals surface area (Å²) in [6, 6.07) is 0.900. The van der Waals surface area contributed by atoms with E-state index in [1.165, 1.54) is 19.3 Å². The zero-order valence-electron chi connectivity index (χ0n) is 9.17. The Kier molecular flexibility index (Phi) is 2.72. The van der Waals surface area contributed by atoms with Gasteiger partial charge in [-0.2, -0.15) is 0 Å². The van der Waals surface area contributed by atoms with E-state index in [2.05, 4.69) is 18.6 Å². The van der Waals surface area contributed by atoms with Crippen molar-refractivity contribution in [3.05, 3.63) is 0 Å². The van der Waals surface area contributed by atoms with Gasteiger partial charge in [-0.1, -0.05) is 0 Å². The molecule has 0 aromatic carbocycles. The van der Waals surface area contributed by atoms with E-state index < -0.39 is 7.82 Å². The van der Waals surface area contributed by atoms with E-state index in [9.17, 15) is 4.57 Å². The molecule has 1 aliphatic carbocycles. The fraction of sp³-hybridized carbons (Fsp3) is 1.00. The highest BCUT2D eigenvalue weighted by atomic mass is 31.2. The summed E-state index contributed by atoms with van der Waals surface area (Å²) >= 11 is 0. The van der Waals surface area contributed by atoms with Gasteiger partial charge < -0.3 is 14.3 Å². The lowest BCUT2D eigenvalue weighted by atomic mass is 9.98. The molecule has 2 N–H and O–H groups in total. The molecule has 1 saturated carbocycles. The third-order valence-corrected chi connectivity index (χ3v) is 4.68. The Balaban J connectivity index is 2.01. The second-order valence-electron chi connectivity index (χ2n) is 5.21. The van der Waals surface area contributed by atoms with Crippen LogP contribution < -0.4 is 0 Å². The van der Waals surface area contributed by atoms with Crippen molar-refractivity contribution in [2.24, 2.45) is 5.92 Å². The fourth-order valence-electron chi connectivity index (χ4n) is 3.26. The molecule has 3 atom stereocenters. The van der Waals surface area contributed by atoms with Crippen molar-refractivity contribution in [1.29, 1.82) is 0 Å². The molecule has 3 unspecified atom stereocenters. The van der Waals surface area contributed by atoms with Gasteiger partial charge in [-0.05, 0) is 12.8 Å². The second kappa shape index (κ2) is 3.54. The summed E-state index contributed by atoms with van der Waals surface area (Å²) in [7, 11) is -0.0338. The Hall–Kier alpha value is 0.0700. The minimum atomic E-state index is -4.31. The van der Waals surface area contributed by atoms with E-state index in [1.807, 2.05) is 0 Å². The molecule has 2 rings (SSSR count). The molecular formula is C9H19NO4P+. The van der Waals surface area contributed by atoms with Crippen LogP contribution in [0.3, 0.4) is 0 Å². The fourth-order valence-corrected chi connectivity index (χ4v) is 3.61. The van der Waals surface area contributed by atoms with Gasteiger partial charge in [0, 0.05) is 12.3 Å². The molecule has 0 amide bonds. The molecule has 5 nitrogen and oxygen atoms in total. The van der Waals surface area contributed by atoms with Crippen molar-refractivity contribution >= 4 is 7.82 Å². The van der Waals surface area contributed by atoms with Crippen LogP contribution in [0.15, 0.2) is 0 Å². The van der Waals surface area contributed by atoms with Gasteiger partial charge in [0.1, 0.15) is 12.6 Å². The number of piperidine rings is 1. The van der Waals surface area contributed by atoms with E-state index >= 15 is 0 Å². The number of phosphoric acid groups is 1. The van der Waals surface area contributed by atoms with Crippen LogP contribution in [-0.2, 0) is 9.09 Å². The van der Waals surface area contributed by atoms with Crippen LogP contribution in [0.25, 0.3) is 0 Å². The second-order valence-corrected chi connectivity index (χ2v) is 6.45. The summed E-state index contributed by atoms with van der Waals surface area (Å²) in [6.45, 7) is 0.179. The van der Waals surface area contributed by atoms with Gasteiger partial charge in [-0.25, -0.2) is 4.57 Å². The van der Waals surface area contributed by atoms with Gasteiger partial charge >= 0.3 is 7.82 Å². The topological polar surface area (TPSA) is 66.8 Å². The molecule has 2 aliphatic rings. The van der Waals surface area contributed by atoms with E-state index in [0.29, 0.717) is 12.0 Å². The first-order valence-electron chi connectivity index (χ1n) is 5.34. The van der Waals surface area contributed by atoms with Crippen molar-refractivity contribution in [1.82, 2.24) is 0 Å². The third-order valence-electron chi connectivity index (χ3n) is 4.20. The standard InChI is InChI=1S/C9H18NO4P/c1-10(2)8-4-3-7(5-8)9(10)6-14-15(11,12)13/h7-9H,3-6H2,1-2H3,(H-,11,12,13)/p+1. The van der Waals surface area contributed by atoms with Crippen molar-refractivity contribution in [2.75, 3.05) is 20.7 Å². The van der Waals surface area contributed by atoms with Crippen molar-refractivity contribution in [3.8, 4) is 0 Å². The first kappa shape index (κ1) is 11.6. The van der Waals surface area contributed by atoms with E-state index in [-0.39, 0.29) is 12.6 Å². The highest BCUT2D eigenvalue weighted by molar-refractivity contribution is 7.46. The molecule has 15 heavy (non-hydrogen) atoms. The number of nitrogens with zero attached hydrogens (tertiary/aromatic N) is 1. The quantitative estimate of drug-likeness (QED) is 0.560. The maximum atomic E-state index is 10.7. The predicted molar refractivity (Wildman–Crippen MR) is 55.0 cm³/mol. The first-order chi connectivity index (χ1) is 6.81. The Morgan fingerprint density at radius 1 is 1.40 bits per heavy atom. The highest BCUT2D eigenvalue weighted by Gasteiger charge is 2.54. The lowest BCUT2D eigenvalue weighted by Crippen LogP contribution is -2.55. The van der Waals surface area contributed by atoms with E-state index in [0.717, 1.165) is 4.48 Å². The number of likely N-dealkylation sites (tertiary alicyclic amines) is 1. The Labute approximate surface area is 89.9 Å². The number of rotatable bonds is 3. The molecular weight excluding hydrogens is 217 g/mol. The zero-order valence-corrected chi connectivity index (χ0v) is 10.1. The SMILES string of the molecule is C[N+]1(C)C2CCC(C2)C1COP(=O)(O)O. The Morgan fingerprint density at radius 3 is 2.53 bits per heavy atom. The largest absolute Gasteiger partial charge is 0.469 e. The summed E-state index contributed by atoms with van der Waals surface area (Å²) in [6.07, 6.45) is 3.60. The maximum Gasteiger partial charge on any atom is 0.469 e. The molecule has 1 saturated heterocycles. The molecule has 1 heterocycles. The van der Waals surface area contributed by atoms with Gasteiger partial charge in [-0.3, -0.25) is 4.52 Å². The smallest absolute Gasteiger partial charge is 0.321 e. The monoisotopic (exact) mass is 236 g/mol. The first-order valence-corrected chi connectivity index (χ1v) is 6.87. The van der Waals surface area contributed by atoms with Crippen LogP contribution in [0.1, 0.15) is 19.3 Å². The van der Waals surface area contributed by atoms with Gasteiger partial charge in [0.15, 0.2) is 0 Å². The number of phosphoric ester groups is 1. The maximum absolute atomic E-state index is 10.7. The highest BCUT2D eigenvalue weighted by Crippen LogP contribution is 2.47. The van der Waals surface area contributed by atoms with Crippen LogP contribution in [0, 0.1) is 5.92 Å². The van der Waals surface area contributed by atoms with Crippen molar-refractivity contribution in [3.63, 3.8) is 0 Å². The average Bonchev–Trinajstić information content (AvgIpc) is 2.57. The van der Waals surface area contributed by atoms with Gasteiger partial charge in [-0.15, -0.1) is 0 Å². The summed E-state index contributed by atoms with van der Waals surface area (Å²) < 4.78 is 16.2. The number of quaternary nitrogens is 1. The lowest BCUT2D eigenvalue weighted by molar-refractivity contribution is -0.930. The summed E-state index contributed by atoms with van der Waals surface area (Å²) in [5.74, 6) is 0.580. The molecule has 0 aromatic rings. The Bertz CT molecular complexity index is 300. The molecule has 2 fully saturated rings. The summed E-state index contributed by atoms with van der Waals surface area (Å²) in [5, 5.41) is 0. The zero-order chi connectivity index (χ0) is 11.3. The minimum absolute atomic E-state index is 0.179. The van der Waals surface area contributed by atoms with Crippen LogP contribution >= 0.6 is 7.82 Å². The molecule has 0 radical (unpaired) electrons. The van der Waals surface area contributed by atoms with Crippen LogP contribution in [0.5, 0.6) is 0 Å². The predicted octanol–water partition coefficient (Wildman–Crippen LogP) is 0.723. The molecule has 0 aromatic heterocycles. The molecule has 2 bridgehead atoms. The minimum Gasteiger partial charge on any atom is -0.321 e. The molecule has 88 valence electrons. The van der Waals surface area contributed by atoms with Crippen LogP contribution in [-0.4, -0.2) is 47.1 Å². The van der Waals surface area contributed by atoms with E-state index in [1.54, 1.807) is 0 Å². The van der Waals surface area contributed by atoms with Gasteiger partial charge in [0.05, 0.1) is 20.1 Å². The van der Waals surface area contributed by atoms with Gasteiger partial charge in [0.25, 0.3) is 0 Å². The molecule has 0 spiro atoms. The van der Waals surface area contributed by atoms with Crippen molar-refractivity contribution in [2.45, 2.75) is 31.3 Å². The van der Waals surface area contributed by atoms with Gasteiger partial charge in [0.2, 0.25) is 0 Å². The summed E-state index contributed by atoms with van der Waals surface area (Å²) in [5.41, 5.74) is 0. The Morgan fingerprint density at radius 2 is 2.07 bits per heavy atom. The normalized spacial score (nSPS) is 38.5. The van der Waals surface area contributed by atoms with E-state index in [4.69, 9.17) is 9.79 Å². The number of fused-ring (bicyclic) bond motifs is 2. The molecule has 1 aliphatic heterocycles. The lowest BCUT2D eigenvalue weighted by Gasteiger charge is -2.41. The van der Waals surface area contributed by atoms with Crippen molar-refractivity contribution < 1.29 is 23.4 Å². The number of hydrogen-bond acceptors (Lipinski definition) is 2. The van der Waals surface area contributed by atoms with Crippen LogP contribution in [0.2, 0.25) is 0 Å². The van der Waals surface area contributed by atoms with Crippen LogP contribution in [0.4, 0.5) is 0 Å². The summed E-state index contributed by atoms with van der Waals surface area (Å²) in [4.78, 5) is 17.4. The molecule has 6 heteroatoms. The average molecular weight is 236 g/mol.